The van der Waals surface area contributed by atoms with Crippen molar-refractivity contribution in [3.8, 4) is 0 Å². The van der Waals surface area contributed by atoms with Gasteiger partial charge in [0, 0.05) is 37.8 Å². The van der Waals surface area contributed by atoms with E-state index in [1.165, 1.54) is 25.8 Å². The van der Waals surface area contributed by atoms with Crippen LogP contribution in [-0.4, -0.2) is 49.3 Å². The Morgan fingerprint density at radius 1 is 1.37 bits per heavy atom. The minimum Gasteiger partial charge on any atom is -0.380 e. The molecule has 1 saturated heterocycles. The molecule has 3 heteroatoms. The Kier molecular flexibility index (Phi) is 5.27. The molecule has 3 nitrogen and oxygen atoms in total. The molecule has 2 aliphatic rings. The van der Waals surface area contributed by atoms with E-state index in [2.05, 4.69) is 37.9 Å². The third-order valence-electron chi connectivity index (χ3n) is 4.74. The summed E-state index contributed by atoms with van der Waals surface area (Å²) in [6.07, 6.45) is 4.12. The number of hydrogen-bond donors (Lipinski definition) is 1. The first-order chi connectivity index (χ1) is 9.05. The molecule has 0 radical (unpaired) electrons. The molecule has 2 unspecified atom stereocenters. The Labute approximate surface area is 119 Å². The summed E-state index contributed by atoms with van der Waals surface area (Å²) >= 11 is 0. The fourth-order valence-electron chi connectivity index (χ4n) is 3.45. The van der Waals surface area contributed by atoms with Gasteiger partial charge in [0.2, 0.25) is 0 Å². The Hall–Kier alpha value is -0.120. The van der Waals surface area contributed by atoms with E-state index >= 15 is 0 Å². The lowest BCUT2D eigenvalue weighted by Crippen LogP contribution is -2.64. The van der Waals surface area contributed by atoms with Gasteiger partial charge in [-0.3, -0.25) is 4.90 Å². The van der Waals surface area contributed by atoms with E-state index in [4.69, 9.17) is 4.74 Å². The number of piperazine rings is 1. The fourth-order valence-corrected chi connectivity index (χ4v) is 3.45. The smallest absolute Gasteiger partial charge is 0.0593 e. The van der Waals surface area contributed by atoms with Gasteiger partial charge < -0.3 is 10.1 Å². The lowest BCUT2D eigenvalue weighted by atomic mass is 9.89. The van der Waals surface area contributed by atoms with Crippen molar-refractivity contribution in [2.75, 3.05) is 32.8 Å². The zero-order valence-corrected chi connectivity index (χ0v) is 13.2. The normalized spacial score (nSPS) is 33.0. The highest BCUT2D eigenvalue weighted by molar-refractivity contribution is 5.04. The lowest BCUT2D eigenvalue weighted by Gasteiger charge is -2.47. The predicted molar refractivity (Wildman–Crippen MR) is 80.4 cm³/mol. The molecule has 1 aliphatic carbocycles. The van der Waals surface area contributed by atoms with Crippen LogP contribution < -0.4 is 5.32 Å². The second kappa shape index (κ2) is 6.55. The quantitative estimate of drug-likeness (QED) is 0.718. The highest BCUT2D eigenvalue weighted by Crippen LogP contribution is 2.41. The molecule has 0 bridgehead atoms. The van der Waals surface area contributed by atoms with Crippen LogP contribution in [0, 0.1) is 11.8 Å². The van der Waals surface area contributed by atoms with Crippen LogP contribution >= 0.6 is 0 Å². The zero-order chi connectivity index (χ0) is 13.9. The molecule has 0 aromatic rings. The van der Waals surface area contributed by atoms with E-state index in [0.717, 1.165) is 38.1 Å². The molecule has 1 N–H and O–H groups in total. The first-order valence-electron chi connectivity index (χ1n) is 8.12. The highest BCUT2D eigenvalue weighted by atomic mass is 16.5. The van der Waals surface area contributed by atoms with Gasteiger partial charge in [-0.15, -0.1) is 0 Å². The molecule has 0 spiro atoms. The van der Waals surface area contributed by atoms with E-state index in [0.29, 0.717) is 11.6 Å². The van der Waals surface area contributed by atoms with Crippen molar-refractivity contribution in [2.45, 2.75) is 58.5 Å². The minimum absolute atomic E-state index is 0.347. The molecule has 1 saturated carbocycles. The topological polar surface area (TPSA) is 24.5 Å². The fraction of sp³-hybridized carbons (Fsp3) is 1.00. The molecule has 0 aromatic heterocycles. The first-order valence-corrected chi connectivity index (χ1v) is 8.12. The van der Waals surface area contributed by atoms with Crippen molar-refractivity contribution in [3.05, 3.63) is 0 Å². The largest absolute Gasteiger partial charge is 0.380 e. The van der Waals surface area contributed by atoms with Gasteiger partial charge in [-0.1, -0.05) is 13.8 Å². The monoisotopic (exact) mass is 268 g/mol. The zero-order valence-electron chi connectivity index (χ0n) is 13.2. The maximum atomic E-state index is 5.57. The van der Waals surface area contributed by atoms with Crippen LogP contribution in [0.25, 0.3) is 0 Å². The molecule has 2 atom stereocenters. The van der Waals surface area contributed by atoms with Gasteiger partial charge in [0.15, 0.2) is 0 Å². The number of hydrogen-bond acceptors (Lipinski definition) is 3. The molecule has 1 heterocycles. The van der Waals surface area contributed by atoms with E-state index in [1.54, 1.807) is 0 Å². The third kappa shape index (κ3) is 4.17. The third-order valence-corrected chi connectivity index (χ3v) is 4.74. The van der Waals surface area contributed by atoms with Crippen molar-refractivity contribution in [1.29, 1.82) is 0 Å². The summed E-state index contributed by atoms with van der Waals surface area (Å²) in [6.45, 7) is 14.3. The number of rotatable bonds is 7. The number of nitrogens with zero attached hydrogens (tertiary/aromatic N) is 1. The molecule has 2 fully saturated rings. The lowest BCUT2D eigenvalue weighted by molar-refractivity contribution is 0.0343. The summed E-state index contributed by atoms with van der Waals surface area (Å²) in [6, 6.07) is 0.687. The summed E-state index contributed by atoms with van der Waals surface area (Å²) < 4.78 is 5.57. The van der Waals surface area contributed by atoms with Crippen LogP contribution in [0.1, 0.15) is 47.0 Å². The van der Waals surface area contributed by atoms with Crippen molar-refractivity contribution in [2.24, 2.45) is 11.8 Å². The first kappa shape index (κ1) is 15.3. The molecule has 112 valence electrons. The number of ether oxygens (including phenoxy) is 1. The summed E-state index contributed by atoms with van der Waals surface area (Å²) in [5.41, 5.74) is 0.347. The molecule has 0 aromatic carbocycles. The molecular formula is C16H32N2O. The van der Waals surface area contributed by atoms with Gasteiger partial charge in [0.1, 0.15) is 0 Å². The Balaban J connectivity index is 1.92. The highest BCUT2D eigenvalue weighted by Gasteiger charge is 2.45. The van der Waals surface area contributed by atoms with Gasteiger partial charge in [-0.2, -0.15) is 0 Å². The van der Waals surface area contributed by atoms with E-state index in [1.807, 2.05) is 0 Å². The van der Waals surface area contributed by atoms with Crippen LogP contribution in [0.4, 0.5) is 0 Å². The van der Waals surface area contributed by atoms with Crippen LogP contribution in [0.5, 0.6) is 0 Å². The van der Waals surface area contributed by atoms with Gasteiger partial charge in [0.25, 0.3) is 0 Å². The summed E-state index contributed by atoms with van der Waals surface area (Å²) in [7, 11) is 0. The summed E-state index contributed by atoms with van der Waals surface area (Å²) in [5.74, 6) is 1.67. The average molecular weight is 268 g/mol. The van der Waals surface area contributed by atoms with Crippen molar-refractivity contribution >= 4 is 0 Å². The van der Waals surface area contributed by atoms with Crippen LogP contribution in [0.2, 0.25) is 0 Å². The van der Waals surface area contributed by atoms with E-state index in [9.17, 15) is 0 Å². The molecule has 1 aliphatic heterocycles. The molecule has 0 amide bonds. The Morgan fingerprint density at radius 2 is 2.11 bits per heavy atom. The van der Waals surface area contributed by atoms with Gasteiger partial charge >= 0.3 is 0 Å². The Morgan fingerprint density at radius 3 is 2.68 bits per heavy atom. The summed E-state index contributed by atoms with van der Waals surface area (Å²) in [4.78, 5) is 2.68. The number of nitrogens with one attached hydrogen (secondary N) is 1. The average Bonchev–Trinajstić information content (AvgIpc) is 3.17. The standard InChI is InChI=1S/C16H32N2O/c1-5-19-9-8-18-12-16(4,14-6-7-14)17-11-15(18)10-13(2)3/h13-15,17H,5-12H2,1-4H3. The molecular weight excluding hydrogens is 236 g/mol. The van der Waals surface area contributed by atoms with Crippen molar-refractivity contribution in [3.63, 3.8) is 0 Å². The van der Waals surface area contributed by atoms with Gasteiger partial charge in [-0.05, 0) is 44.9 Å². The summed E-state index contributed by atoms with van der Waals surface area (Å²) in [5, 5.41) is 3.85. The minimum atomic E-state index is 0.347. The predicted octanol–water partition coefficient (Wildman–Crippen LogP) is 2.51. The van der Waals surface area contributed by atoms with Crippen LogP contribution in [-0.2, 0) is 4.74 Å². The SMILES string of the molecule is CCOCCN1CC(C)(C2CC2)NCC1CC(C)C. The van der Waals surface area contributed by atoms with E-state index < -0.39 is 0 Å². The van der Waals surface area contributed by atoms with Crippen molar-refractivity contribution in [1.82, 2.24) is 10.2 Å². The van der Waals surface area contributed by atoms with Gasteiger partial charge in [0.05, 0.1) is 6.61 Å². The second-order valence-corrected chi connectivity index (χ2v) is 7.02. The molecule has 19 heavy (non-hydrogen) atoms. The van der Waals surface area contributed by atoms with Crippen LogP contribution in [0.3, 0.4) is 0 Å². The second-order valence-electron chi connectivity index (χ2n) is 7.02. The maximum absolute atomic E-state index is 5.57. The molecule has 2 rings (SSSR count). The van der Waals surface area contributed by atoms with Gasteiger partial charge in [-0.25, -0.2) is 0 Å². The van der Waals surface area contributed by atoms with E-state index in [-0.39, 0.29) is 0 Å². The van der Waals surface area contributed by atoms with Crippen LogP contribution in [0.15, 0.2) is 0 Å². The maximum Gasteiger partial charge on any atom is 0.0593 e. The Bertz CT molecular complexity index is 278. The van der Waals surface area contributed by atoms with Crippen molar-refractivity contribution < 1.29 is 4.74 Å².